The van der Waals surface area contributed by atoms with Crippen molar-refractivity contribution in [1.29, 1.82) is 0 Å². The molecule has 0 aliphatic rings. The van der Waals surface area contributed by atoms with Crippen molar-refractivity contribution in [2.45, 2.75) is 39.5 Å². The molecule has 2 rings (SSSR count). The highest BCUT2D eigenvalue weighted by Gasteiger charge is 2.16. The second kappa shape index (κ2) is 6.90. The first-order chi connectivity index (χ1) is 10.0. The highest BCUT2D eigenvalue weighted by atomic mass is 35.5. The number of carbonyl (C=O) groups is 1. The lowest BCUT2D eigenvalue weighted by Gasteiger charge is -2.05. The summed E-state index contributed by atoms with van der Waals surface area (Å²) in [4.78, 5) is 12.2. The van der Waals surface area contributed by atoms with Crippen molar-refractivity contribution in [3.05, 3.63) is 51.8 Å². The largest absolute Gasteiger partial charge is 0.299 e. The van der Waals surface area contributed by atoms with Gasteiger partial charge in [0.05, 0.1) is 16.4 Å². The number of ketones is 1. The van der Waals surface area contributed by atoms with Gasteiger partial charge in [-0.3, -0.25) is 9.48 Å². The Morgan fingerprint density at radius 3 is 2.67 bits per heavy atom. The molecule has 0 atom stereocenters. The Morgan fingerprint density at radius 1 is 1.33 bits per heavy atom. The van der Waals surface area contributed by atoms with Crippen molar-refractivity contribution in [3.8, 4) is 0 Å². The van der Waals surface area contributed by atoms with Gasteiger partial charge in [0.15, 0.2) is 0 Å². The van der Waals surface area contributed by atoms with Crippen LogP contribution in [-0.4, -0.2) is 15.6 Å². The molecular weight excluding hydrogens is 284 g/mol. The quantitative estimate of drug-likeness (QED) is 0.816. The second-order valence-corrected chi connectivity index (χ2v) is 5.70. The van der Waals surface area contributed by atoms with E-state index in [1.807, 2.05) is 26.1 Å². The first-order valence-electron chi connectivity index (χ1n) is 7.29. The summed E-state index contributed by atoms with van der Waals surface area (Å²) in [6.07, 6.45) is 2.45. The lowest BCUT2D eigenvalue weighted by molar-refractivity contribution is -0.118. The summed E-state index contributed by atoms with van der Waals surface area (Å²) >= 11 is 6.28. The van der Waals surface area contributed by atoms with Crippen LogP contribution in [-0.2, 0) is 31.1 Å². The standard InChI is InChI=1S/C17H21ClN2O/c1-4-15-17(18)16(20(3)19-15)11-14(21)10-9-13-8-6-5-7-12(13)2/h5-8H,4,9-11H2,1-3H3. The van der Waals surface area contributed by atoms with Gasteiger partial charge in [0.1, 0.15) is 5.78 Å². The lowest BCUT2D eigenvalue weighted by atomic mass is 10.0. The van der Waals surface area contributed by atoms with Crippen LogP contribution in [0.4, 0.5) is 0 Å². The summed E-state index contributed by atoms with van der Waals surface area (Å²) in [6, 6.07) is 8.18. The van der Waals surface area contributed by atoms with Crippen molar-refractivity contribution in [1.82, 2.24) is 9.78 Å². The van der Waals surface area contributed by atoms with E-state index >= 15 is 0 Å². The SMILES string of the molecule is CCc1nn(C)c(CC(=O)CCc2ccccc2C)c1Cl. The molecule has 1 aromatic carbocycles. The predicted molar refractivity (Wildman–Crippen MR) is 85.8 cm³/mol. The van der Waals surface area contributed by atoms with E-state index in [2.05, 4.69) is 24.2 Å². The van der Waals surface area contributed by atoms with E-state index in [1.165, 1.54) is 11.1 Å². The minimum atomic E-state index is 0.200. The number of Topliss-reactive ketones (excluding diaryl/α,β-unsaturated/α-hetero) is 1. The number of aromatic nitrogens is 2. The van der Waals surface area contributed by atoms with E-state index < -0.39 is 0 Å². The van der Waals surface area contributed by atoms with E-state index in [9.17, 15) is 4.79 Å². The summed E-state index contributed by atoms with van der Waals surface area (Å²) in [6.45, 7) is 4.09. The Morgan fingerprint density at radius 2 is 2.05 bits per heavy atom. The number of hydrogen-bond donors (Lipinski definition) is 0. The summed E-state index contributed by atoms with van der Waals surface area (Å²) in [5.74, 6) is 0.200. The van der Waals surface area contributed by atoms with Crippen molar-refractivity contribution < 1.29 is 4.79 Å². The summed E-state index contributed by atoms with van der Waals surface area (Å²) in [5.41, 5.74) is 4.15. The Bertz CT molecular complexity index is 646. The van der Waals surface area contributed by atoms with E-state index in [0.717, 1.165) is 24.2 Å². The van der Waals surface area contributed by atoms with Gasteiger partial charge in [-0.15, -0.1) is 0 Å². The van der Waals surface area contributed by atoms with Crippen molar-refractivity contribution in [2.24, 2.45) is 7.05 Å². The zero-order valence-electron chi connectivity index (χ0n) is 12.8. The van der Waals surface area contributed by atoms with Gasteiger partial charge in [0.25, 0.3) is 0 Å². The first kappa shape index (κ1) is 15.8. The molecule has 0 bridgehead atoms. The molecule has 0 radical (unpaired) electrons. The zero-order valence-corrected chi connectivity index (χ0v) is 13.6. The molecule has 0 N–H and O–H groups in total. The van der Waals surface area contributed by atoms with Crippen LogP contribution in [0.15, 0.2) is 24.3 Å². The third-order valence-corrected chi connectivity index (χ3v) is 4.24. The Balaban J connectivity index is 2.00. The van der Waals surface area contributed by atoms with Crippen molar-refractivity contribution in [2.75, 3.05) is 0 Å². The molecule has 1 heterocycles. The van der Waals surface area contributed by atoms with Crippen LogP contribution >= 0.6 is 11.6 Å². The molecule has 0 aliphatic heterocycles. The Kier molecular flexibility index (Phi) is 5.18. The second-order valence-electron chi connectivity index (χ2n) is 5.33. The highest BCUT2D eigenvalue weighted by Crippen LogP contribution is 2.22. The van der Waals surface area contributed by atoms with Crippen LogP contribution in [0.25, 0.3) is 0 Å². The number of carbonyl (C=O) groups excluding carboxylic acids is 1. The number of aryl methyl sites for hydroxylation is 4. The average Bonchev–Trinajstić information content (AvgIpc) is 2.74. The molecular formula is C17H21ClN2O. The van der Waals surface area contributed by atoms with Gasteiger partial charge in [-0.2, -0.15) is 5.10 Å². The lowest BCUT2D eigenvalue weighted by Crippen LogP contribution is -2.09. The van der Waals surface area contributed by atoms with Crippen LogP contribution in [0.3, 0.4) is 0 Å². The van der Waals surface area contributed by atoms with Gasteiger partial charge in [0, 0.05) is 19.9 Å². The molecule has 0 aliphatic carbocycles. The maximum absolute atomic E-state index is 12.2. The van der Waals surface area contributed by atoms with E-state index in [1.54, 1.807) is 4.68 Å². The van der Waals surface area contributed by atoms with E-state index in [4.69, 9.17) is 11.6 Å². The number of hydrogen-bond acceptors (Lipinski definition) is 2. The average molecular weight is 305 g/mol. The molecule has 0 amide bonds. The van der Waals surface area contributed by atoms with Crippen LogP contribution in [0.1, 0.15) is 35.9 Å². The predicted octanol–water partition coefficient (Wildman–Crippen LogP) is 3.69. The summed E-state index contributed by atoms with van der Waals surface area (Å²) < 4.78 is 1.73. The minimum Gasteiger partial charge on any atom is -0.299 e. The number of halogens is 1. The van der Waals surface area contributed by atoms with Gasteiger partial charge in [0.2, 0.25) is 0 Å². The third kappa shape index (κ3) is 3.73. The monoisotopic (exact) mass is 304 g/mol. The maximum Gasteiger partial charge on any atom is 0.139 e. The molecule has 0 spiro atoms. The maximum atomic E-state index is 12.2. The van der Waals surface area contributed by atoms with Gasteiger partial charge >= 0.3 is 0 Å². The minimum absolute atomic E-state index is 0.200. The zero-order chi connectivity index (χ0) is 15.4. The molecule has 0 unspecified atom stereocenters. The molecule has 1 aromatic heterocycles. The molecule has 0 saturated heterocycles. The molecule has 2 aromatic rings. The van der Waals surface area contributed by atoms with Gasteiger partial charge < -0.3 is 0 Å². The van der Waals surface area contributed by atoms with Gasteiger partial charge in [-0.25, -0.2) is 0 Å². The van der Waals surface area contributed by atoms with Crippen LogP contribution in [0.5, 0.6) is 0 Å². The molecule has 21 heavy (non-hydrogen) atoms. The molecule has 3 nitrogen and oxygen atoms in total. The molecule has 0 fully saturated rings. The normalized spacial score (nSPS) is 10.9. The summed E-state index contributed by atoms with van der Waals surface area (Å²) in [7, 11) is 1.84. The van der Waals surface area contributed by atoms with E-state index in [0.29, 0.717) is 17.9 Å². The van der Waals surface area contributed by atoms with Gasteiger partial charge in [-0.05, 0) is 30.9 Å². The van der Waals surface area contributed by atoms with Crippen LogP contribution < -0.4 is 0 Å². The number of rotatable bonds is 6. The topological polar surface area (TPSA) is 34.9 Å². The Hall–Kier alpha value is -1.61. The van der Waals surface area contributed by atoms with Crippen LogP contribution in [0.2, 0.25) is 5.02 Å². The third-order valence-electron chi connectivity index (χ3n) is 3.80. The first-order valence-corrected chi connectivity index (χ1v) is 7.67. The number of nitrogens with zero attached hydrogens (tertiary/aromatic N) is 2. The number of benzene rings is 1. The fourth-order valence-electron chi connectivity index (χ4n) is 2.45. The van der Waals surface area contributed by atoms with Crippen molar-refractivity contribution in [3.63, 3.8) is 0 Å². The van der Waals surface area contributed by atoms with Crippen LogP contribution in [0, 0.1) is 6.92 Å². The highest BCUT2D eigenvalue weighted by molar-refractivity contribution is 6.32. The van der Waals surface area contributed by atoms with Crippen molar-refractivity contribution >= 4 is 17.4 Å². The summed E-state index contributed by atoms with van der Waals surface area (Å²) in [5, 5.41) is 4.99. The molecule has 0 saturated carbocycles. The van der Waals surface area contributed by atoms with E-state index in [-0.39, 0.29) is 5.78 Å². The fraction of sp³-hybridized carbons (Fsp3) is 0.412. The smallest absolute Gasteiger partial charge is 0.139 e. The molecule has 112 valence electrons. The van der Waals surface area contributed by atoms with Gasteiger partial charge in [-0.1, -0.05) is 42.8 Å². The Labute approximate surface area is 130 Å². The molecule has 4 heteroatoms. The fourth-order valence-corrected chi connectivity index (χ4v) is 2.81.